The van der Waals surface area contributed by atoms with E-state index in [1.807, 2.05) is 44.2 Å². The van der Waals surface area contributed by atoms with Gasteiger partial charge in [0.2, 0.25) is 21.8 Å². The lowest BCUT2D eigenvalue weighted by Crippen LogP contribution is -2.52. The number of anilines is 1. The molecule has 0 unspecified atom stereocenters. The van der Waals surface area contributed by atoms with E-state index >= 15 is 0 Å². The summed E-state index contributed by atoms with van der Waals surface area (Å²) in [5.74, 6) is -0.339. The third kappa shape index (κ3) is 8.73. The van der Waals surface area contributed by atoms with Gasteiger partial charge in [-0.3, -0.25) is 13.9 Å². The molecular weight excluding hydrogens is 538 g/mol. The van der Waals surface area contributed by atoms with Crippen molar-refractivity contribution in [2.75, 3.05) is 17.1 Å². The van der Waals surface area contributed by atoms with Gasteiger partial charge in [0.05, 0.1) is 11.9 Å². The molecule has 3 aromatic carbocycles. The van der Waals surface area contributed by atoms with Crippen LogP contribution in [0.1, 0.15) is 31.9 Å². The Morgan fingerprint density at radius 1 is 0.923 bits per heavy atom. The standard InChI is InChI=1S/C29H34ClN3O5S/c1-21(2)31-29(35)22(3)32(18-24-12-8-9-13-27(24)30)28(34)19-33(39(4,36)37)25-14-16-26(17-15-25)38-20-23-10-6-5-7-11-23/h5-17,21-22H,18-20H2,1-4H3,(H,31,35)/t22-/m1/s1. The Hall–Kier alpha value is -3.56. The lowest BCUT2D eigenvalue weighted by Gasteiger charge is -2.32. The quantitative estimate of drug-likeness (QED) is 0.342. The molecule has 208 valence electrons. The molecule has 3 rings (SSSR count). The number of nitrogens with one attached hydrogen (secondary N) is 1. The van der Waals surface area contributed by atoms with Crippen molar-refractivity contribution in [3.8, 4) is 5.75 Å². The summed E-state index contributed by atoms with van der Waals surface area (Å²) < 4.78 is 32.4. The minimum Gasteiger partial charge on any atom is -0.489 e. The van der Waals surface area contributed by atoms with Gasteiger partial charge in [0.1, 0.15) is 24.9 Å². The van der Waals surface area contributed by atoms with Gasteiger partial charge in [-0.05, 0) is 62.2 Å². The molecule has 8 nitrogen and oxygen atoms in total. The zero-order chi connectivity index (χ0) is 28.6. The third-order valence-electron chi connectivity index (χ3n) is 5.95. The van der Waals surface area contributed by atoms with Crippen LogP contribution >= 0.6 is 11.6 Å². The van der Waals surface area contributed by atoms with Crippen LogP contribution in [0.2, 0.25) is 5.02 Å². The smallest absolute Gasteiger partial charge is 0.244 e. The number of carbonyl (C=O) groups excluding carboxylic acids is 2. The second kappa shape index (κ2) is 13.5. The first kappa shape index (κ1) is 30.0. The van der Waals surface area contributed by atoms with Gasteiger partial charge in [0.15, 0.2) is 0 Å². The average Bonchev–Trinajstić information content (AvgIpc) is 2.89. The van der Waals surface area contributed by atoms with E-state index in [1.165, 1.54) is 4.90 Å². The molecule has 0 bridgehead atoms. The summed E-state index contributed by atoms with van der Waals surface area (Å²) in [6, 6.07) is 22.2. The lowest BCUT2D eigenvalue weighted by atomic mass is 10.1. The fourth-order valence-corrected chi connectivity index (χ4v) is 4.91. The van der Waals surface area contributed by atoms with E-state index in [2.05, 4.69) is 5.32 Å². The SMILES string of the molecule is CC(C)NC(=O)[C@@H](C)N(Cc1ccccc1Cl)C(=O)CN(c1ccc(OCc2ccccc2)cc1)S(C)(=O)=O. The molecule has 0 radical (unpaired) electrons. The highest BCUT2D eigenvalue weighted by Gasteiger charge is 2.30. The van der Waals surface area contributed by atoms with Crippen molar-refractivity contribution in [1.82, 2.24) is 10.2 Å². The van der Waals surface area contributed by atoms with Crippen LogP contribution in [0.3, 0.4) is 0 Å². The van der Waals surface area contributed by atoms with Crippen molar-refractivity contribution in [3.63, 3.8) is 0 Å². The molecule has 0 saturated carbocycles. The molecule has 0 aromatic heterocycles. The number of rotatable bonds is 12. The van der Waals surface area contributed by atoms with Crippen LogP contribution in [-0.2, 0) is 32.8 Å². The van der Waals surface area contributed by atoms with Gasteiger partial charge in [-0.15, -0.1) is 0 Å². The van der Waals surface area contributed by atoms with Crippen LogP contribution in [0.25, 0.3) is 0 Å². The zero-order valence-electron chi connectivity index (χ0n) is 22.5. The number of hydrogen-bond donors (Lipinski definition) is 1. The van der Waals surface area contributed by atoms with Gasteiger partial charge in [-0.2, -0.15) is 0 Å². The second-order valence-corrected chi connectivity index (χ2v) is 11.8. The van der Waals surface area contributed by atoms with Gasteiger partial charge < -0.3 is 15.0 Å². The molecule has 39 heavy (non-hydrogen) atoms. The van der Waals surface area contributed by atoms with Crippen molar-refractivity contribution in [1.29, 1.82) is 0 Å². The first-order valence-corrected chi connectivity index (χ1v) is 14.8. The van der Waals surface area contributed by atoms with E-state index in [1.54, 1.807) is 55.5 Å². The Kier molecular flexibility index (Phi) is 10.4. The minimum absolute atomic E-state index is 0.0368. The molecule has 10 heteroatoms. The van der Waals surface area contributed by atoms with E-state index < -0.39 is 28.5 Å². The lowest BCUT2D eigenvalue weighted by molar-refractivity contribution is -0.139. The topological polar surface area (TPSA) is 96.0 Å². The number of carbonyl (C=O) groups is 2. The number of hydrogen-bond acceptors (Lipinski definition) is 5. The van der Waals surface area contributed by atoms with Gasteiger partial charge in [0.25, 0.3) is 0 Å². The predicted molar refractivity (Wildman–Crippen MR) is 154 cm³/mol. The normalized spacial score (nSPS) is 12.1. The Labute approximate surface area is 235 Å². The molecule has 0 saturated heterocycles. The summed E-state index contributed by atoms with van der Waals surface area (Å²) in [4.78, 5) is 27.8. The average molecular weight is 572 g/mol. The van der Waals surface area contributed by atoms with Crippen molar-refractivity contribution in [3.05, 3.63) is 95.0 Å². The molecule has 1 N–H and O–H groups in total. The second-order valence-electron chi connectivity index (χ2n) is 9.49. The monoisotopic (exact) mass is 571 g/mol. The van der Waals surface area contributed by atoms with Gasteiger partial charge >= 0.3 is 0 Å². The van der Waals surface area contributed by atoms with E-state index in [0.717, 1.165) is 16.1 Å². The Bertz CT molecular complexity index is 1370. The molecule has 0 aliphatic heterocycles. The molecule has 2 amide bonds. The Morgan fingerprint density at radius 2 is 1.54 bits per heavy atom. The number of nitrogens with zero attached hydrogens (tertiary/aromatic N) is 2. The maximum atomic E-state index is 13.6. The third-order valence-corrected chi connectivity index (χ3v) is 7.46. The number of benzene rings is 3. The van der Waals surface area contributed by atoms with Crippen LogP contribution in [0.15, 0.2) is 78.9 Å². The van der Waals surface area contributed by atoms with Gasteiger partial charge in [0, 0.05) is 17.6 Å². The van der Waals surface area contributed by atoms with E-state index in [-0.39, 0.29) is 18.5 Å². The highest BCUT2D eigenvalue weighted by molar-refractivity contribution is 7.92. The largest absolute Gasteiger partial charge is 0.489 e. The molecule has 0 aliphatic carbocycles. The van der Waals surface area contributed by atoms with Crippen LogP contribution in [-0.4, -0.2) is 50.0 Å². The van der Waals surface area contributed by atoms with Crippen LogP contribution in [0.4, 0.5) is 5.69 Å². The number of halogens is 1. The van der Waals surface area contributed by atoms with Crippen molar-refractivity contribution in [2.24, 2.45) is 0 Å². The van der Waals surface area contributed by atoms with Crippen LogP contribution < -0.4 is 14.4 Å². The highest BCUT2D eigenvalue weighted by atomic mass is 35.5. The number of amides is 2. The van der Waals surface area contributed by atoms with Crippen molar-refractivity contribution < 1.29 is 22.7 Å². The van der Waals surface area contributed by atoms with E-state index in [0.29, 0.717) is 28.6 Å². The Balaban J connectivity index is 1.83. The summed E-state index contributed by atoms with van der Waals surface area (Å²) in [5.41, 5.74) is 1.94. The number of sulfonamides is 1. The molecule has 0 spiro atoms. The van der Waals surface area contributed by atoms with Crippen LogP contribution in [0, 0.1) is 0 Å². The minimum atomic E-state index is -3.84. The fourth-order valence-electron chi connectivity index (χ4n) is 3.86. The molecule has 0 aliphatic rings. The van der Waals surface area contributed by atoms with Crippen molar-refractivity contribution in [2.45, 2.75) is 46.0 Å². The Morgan fingerprint density at radius 3 is 2.13 bits per heavy atom. The molecule has 1 atom stereocenters. The van der Waals surface area contributed by atoms with Gasteiger partial charge in [-0.1, -0.05) is 60.1 Å². The zero-order valence-corrected chi connectivity index (χ0v) is 24.1. The van der Waals surface area contributed by atoms with E-state index in [4.69, 9.17) is 16.3 Å². The maximum Gasteiger partial charge on any atom is 0.244 e. The molecule has 3 aromatic rings. The first-order chi connectivity index (χ1) is 18.5. The molecule has 0 fully saturated rings. The maximum absolute atomic E-state index is 13.6. The van der Waals surface area contributed by atoms with Crippen LogP contribution in [0.5, 0.6) is 5.75 Å². The summed E-state index contributed by atoms with van der Waals surface area (Å²) in [5, 5.41) is 3.25. The predicted octanol–water partition coefficient (Wildman–Crippen LogP) is 4.63. The first-order valence-electron chi connectivity index (χ1n) is 12.5. The number of ether oxygens (including phenoxy) is 1. The summed E-state index contributed by atoms with van der Waals surface area (Å²) in [6.45, 7) is 5.16. The molecular formula is C29H34ClN3O5S. The molecule has 0 heterocycles. The summed E-state index contributed by atoms with van der Waals surface area (Å²) in [6.07, 6.45) is 1.04. The van der Waals surface area contributed by atoms with E-state index in [9.17, 15) is 18.0 Å². The van der Waals surface area contributed by atoms with Crippen molar-refractivity contribution >= 4 is 39.1 Å². The summed E-state index contributed by atoms with van der Waals surface area (Å²) >= 11 is 6.34. The highest BCUT2D eigenvalue weighted by Crippen LogP contribution is 2.24. The van der Waals surface area contributed by atoms with Gasteiger partial charge in [-0.25, -0.2) is 8.42 Å². The summed E-state index contributed by atoms with van der Waals surface area (Å²) in [7, 11) is -3.84. The fraction of sp³-hybridized carbons (Fsp3) is 0.310.